The van der Waals surface area contributed by atoms with Crippen molar-refractivity contribution in [3.63, 3.8) is 0 Å². The summed E-state index contributed by atoms with van der Waals surface area (Å²) in [4.78, 5) is 11.6. The molecule has 0 spiro atoms. The Hall–Kier alpha value is -1.43. The summed E-state index contributed by atoms with van der Waals surface area (Å²) >= 11 is 0. The number of carbonyl (C=O) groups is 1. The van der Waals surface area contributed by atoms with Crippen molar-refractivity contribution in [1.82, 2.24) is 5.32 Å². The molecule has 1 aliphatic rings. The van der Waals surface area contributed by atoms with Gasteiger partial charge >= 0.3 is 0 Å². The lowest BCUT2D eigenvalue weighted by molar-refractivity contribution is -0.116. The van der Waals surface area contributed by atoms with Crippen molar-refractivity contribution in [3.05, 3.63) is 29.8 Å². The van der Waals surface area contributed by atoms with Gasteiger partial charge < -0.3 is 20.1 Å². The first-order chi connectivity index (χ1) is 8.79. The Balaban J connectivity index is 1.96. The van der Waals surface area contributed by atoms with Crippen molar-refractivity contribution < 1.29 is 14.3 Å². The van der Waals surface area contributed by atoms with Gasteiger partial charge in [-0.2, -0.15) is 0 Å². The second-order valence-corrected chi connectivity index (χ2v) is 4.10. The van der Waals surface area contributed by atoms with E-state index in [1.54, 1.807) is 0 Å². The molecule has 1 fully saturated rings. The molecule has 0 aliphatic carbocycles. The molecule has 18 heavy (non-hydrogen) atoms. The highest BCUT2D eigenvalue weighted by molar-refractivity contribution is 5.90. The van der Waals surface area contributed by atoms with E-state index in [0.29, 0.717) is 26.2 Å². The maximum Gasteiger partial charge on any atom is 0.225 e. The fraction of sp³-hybridized carbons (Fsp3) is 0.462. The fourth-order valence-corrected chi connectivity index (χ4v) is 1.78. The summed E-state index contributed by atoms with van der Waals surface area (Å²) in [7, 11) is 1.82. The predicted molar refractivity (Wildman–Crippen MR) is 68.3 cm³/mol. The van der Waals surface area contributed by atoms with Crippen LogP contribution in [-0.4, -0.2) is 32.7 Å². The predicted octanol–water partition coefficient (Wildman–Crippen LogP) is 1.28. The summed E-state index contributed by atoms with van der Waals surface area (Å²) in [5.74, 6) is -0.00485. The number of nitrogens with one attached hydrogen (secondary N) is 2. The number of anilines is 1. The topological polar surface area (TPSA) is 59.6 Å². The fourth-order valence-electron chi connectivity index (χ4n) is 1.78. The van der Waals surface area contributed by atoms with Gasteiger partial charge in [0.15, 0.2) is 6.29 Å². The van der Waals surface area contributed by atoms with Crippen molar-refractivity contribution in [2.75, 3.05) is 32.1 Å². The Kier molecular flexibility index (Phi) is 4.69. The first-order valence-corrected chi connectivity index (χ1v) is 6.07. The van der Waals surface area contributed by atoms with Crippen LogP contribution in [0.15, 0.2) is 24.3 Å². The third kappa shape index (κ3) is 3.53. The van der Waals surface area contributed by atoms with E-state index in [-0.39, 0.29) is 12.2 Å². The van der Waals surface area contributed by atoms with Gasteiger partial charge in [-0.05, 0) is 19.2 Å². The molecule has 0 bridgehead atoms. The van der Waals surface area contributed by atoms with Gasteiger partial charge in [-0.1, -0.05) is 12.1 Å². The summed E-state index contributed by atoms with van der Waals surface area (Å²) in [6, 6.07) is 7.55. The molecule has 0 atom stereocenters. The average molecular weight is 250 g/mol. The van der Waals surface area contributed by atoms with Gasteiger partial charge in [0.25, 0.3) is 0 Å². The first-order valence-electron chi connectivity index (χ1n) is 6.07. The van der Waals surface area contributed by atoms with Crippen LogP contribution >= 0.6 is 0 Å². The highest BCUT2D eigenvalue weighted by Crippen LogP contribution is 2.25. The number of carbonyl (C=O) groups excluding carboxylic acids is 1. The zero-order chi connectivity index (χ0) is 12.8. The van der Waals surface area contributed by atoms with E-state index in [9.17, 15) is 4.79 Å². The van der Waals surface area contributed by atoms with Crippen LogP contribution in [0.5, 0.6) is 0 Å². The lowest BCUT2D eigenvalue weighted by Crippen LogP contribution is -2.18. The molecule has 1 aromatic carbocycles. The van der Waals surface area contributed by atoms with Gasteiger partial charge in [-0.25, -0.2) is 0 Å². The van der Waals surface area contributed by atoms with Crippen LogP contribution in [0.2, 0.25) is 0 Å². The molecule has 2 N–H and O–H groups in total. The molecule has 1 aliphatic heterocycles. The Morgan fingerprint density at radius 3 is 2.89 bits per heavy atom. The minimum atomic E-state index is -0.306. The minimum Gasteiger partial charge on any atom is -0.346 e. The van der Waals surface area contributed by atoms with Crippen molar-refractivity contribution in [2.45, 2.75) is 12.7 Å². The van der Waals surface area contributed by atoms with Gasteiger partial charge in [-0.3, -0.25) is 4.79 Å². The zero-order valence-electron chi connectivity index (χ0n) is 10.4. The normalized spacial score (nSPS) is 15.8. The molecule has 1 amide bonds. The van der Waals surface area contributed by atoms with Crippen molar-refractivity contribution in [1.29, 1.82) is 0 Å². The highest BCUT2D eigenvalue weighted by atomic mass is 16.7. The number of amides is 1. The van der Waals surface area contributed by atoms with Gasteiger partial charge in [0, 0.05) is 24.2 Å². The summed E-state index contributed by atoms with van der Waals surface area (Å²) in [5, 5.41) is 5.79. The van der Waals surface area contributed by atoms with E-state index in [1.807, 2.05) is 31.3 Å². The van der Waals surface area contributed by atoms with E-state index in [1.165, 1.54) is 0 Å². The first kappa shape index (κ1) is 13.0. The van der Waals surface area contributed by atoms with Crippen LogP contribution < -0.4 is 10.6 Å². The van der Waals surface area contributed by atoms with Gasteiger partial charge in [0.1, 0.15) is 0 Å². The average Bonchev–Trinajstić information content (AvgIpc) is 2.90. The highest BCUT2D eigenvalue weighted by Gasteiger charge is 2.18. The number of hydrogen-bond acceptors (Lipinski definition) is 4. The number of benzene rings is 1. The second kappa shape index (κ2) is 6.49. The summed E-state index contributed by atoms with van der Waals surface area (Å²) in [6.45, 7) is 1.90. The third-order valence-electron chi connectivity index (χ3n) is 2.67. The number of ether oxygens (including phenoxy) is 2. The molecular weight excluding hydrogens is 232 g/mol. The summed E-state index contributed by atoms with van der Waals surface area (Å²) in [6.07, 6.45) is 0.149. The Labute approximate surface area is 106 Å². The van der Waals surface area contributed by atoms with Crippen LogP contribution in [0.4, 0.5) is 5.69 Å². The lowest BCUT2D eigenvalue weighted by atomic mass is 10.2. The largest absolute Gasteiger partial charge is 0.346 e. The number of rotatable bonds is 5. The monoisotopic (exact) mass is 250 g/mol. The molecule has 0 saturated carbocycles. The maximum atomic E-state index is 11.6. The van der Waals surface area contributed by atoms with Gasteiger partial charge in [0.2, 0.25) is 5.91 Å². The van der Waals surface area contributed by atoms with Crippen molar-refractivity contribution in [2.24, 2.45) is 0 Å². The van der Waals surface area contributed by atoms with Crippen molar-refractivity contribution in [3.8, 4) is 0 Å². The Bertz CT molecular complexity index is 403. The zero-order valence-corrected chi connectivity index (χ0v) is 10.4. The van der Waals surface area contributed by atoms with Crippen LogP contribution in [0.25, 0.3) is 0 Å². The molecule has 0 aromatic heterocycles. The SMILES string of the molecule is CNCCC(=O)Nc1cccc(C2OCCO2)c1. The smallest absolute Gasteiger partial charge is 0.225 e. The van der Waals surface area contributed by atoms with E-state index in [4.69, 9.17) is 9.47 Å². The van der Waals surface area contributed by atoms with Crippen LogP contribution in [-0.2, 0) is 14.3 Å². The third-order valence-corrected chi connectivity index (χ3v) is 2.67. The molecule has 1 saturated heterocycles. The molecule has 2 rings (SSSR count). The molecular formula is C13H18N2O3. The van der Waals surface area contributed by atoms with Gasteiger partial charge in [0.05, 0.1) is 13.2 Å². The molecule has 98 valence electrons. The van der Waals surface area contributed by atoms with E-state index >= 15 is 0 Å². The number of hydrogen-bond donors (Lipinski definition) is 2. The summed E-state index contributed by atoms with van der Waals surface area (Å²) in [5.41, 5.74) is 1.70. The quantitative estimate of drug-likeness (QED) is 0.826. The van der Waals surface area contributed by atoms with Crippen LogP contribution in [0.3, 0.4) is 0 Å². The summed E-state index contributed by atoms with van der Waals surface area (Å²) < 4.78 is 10.8. The molecule has 0 unspecified atom stereocenters. The minimum absolute atomic E-state index is 0.00485. The van der Waals surface area contributed by atoms with Gasteiger partial charge in [-0.15, -0.1) is 0 Å². The van der Waals surface area contributed by atoms with E-state index < -0.39 is 0 Å². The molecule has 1 aromatic rings. The Morgan fingerprint density at radius 2 is 2.17 bits per heavy atom. The standard InChI is InChI=1S/C13H18N2O3/c1-14-6-5-12(16)15-11-4-2-3-10(9-11)13-17-7-8-18-13/h2-4,9,13-14H,5-8H2,1H3,(H,15,16). The molecule has 5 heteroatoms. The molecule has 0 radical (unpaired) electrons. The van der Waals surface area contributed by atoms with Crippen LogP contribution in [0.1, 0.15) is 18.3 Å². The Morgan fingerprint density at radius 1 is 1.39 bits per heavy atom. The molecule has 1 heterocycles. The van der Waals surface area contributed by atoms with Crippen molar-refractivity contribution >= 4 is 11.6 Å². The second-order valence-electron chi connectivity index (χ2n) is 4.10. The van der Waals surface area contributed by atoms with Crippen LogP contribution in [0, 0.1) is 0 Å². The lowest BCUT2D eigenvalue weighted by Gasteiger charge is -2.11. The van der Waals surface area contributed by atoms with E-state index in [2.05, 4.69) is 10.6 Å². The molecule has 5 nitrogen and oxygen atoms in total. The maximum absolute atomic E-state index is 11.6. The van der Waals surface area contributed by atoms with E-state index in [0.717, 1.165) is 11.3 Å².